The van der Waals surface area contributed by atoms with Crippen LogP contribution < -0.4 is 0 Å². The minimum Gasteiger partial charge on any atom is -0.282 e. The number of imide groups is 1. The van der Waals surface area contributed by atoms with Crippen LogP contribution in [0, 0.1) is 0 Å². The Morgan fingerprint density at radius 3 is 2.37 bits per heavy atom. The highest BCUT2D eigenvalue weighted by Crippen LogP contribution is 2.34. The molecule has 2 heterocycles. The highest BCUT2D eigenvalue weighted by molar-refractivity contribution is 7.18. The third-order valence-corrected chi connectivity index (χ3v) is 4.21. The average molecular weight is 271 g/mol. The van der Waals surface area contributed by atoms with E-state index >= 15 is 0 Å². The van der Waals surface area contributed by atoms with Gasteiger partial charge in [0.25, 0.3) is 11.7 Å². The minimum absolute atomic E-state index is 0.243. The van der Waals surface area contributed by atoms with Crippen molar-refractivity contribution in [2.75, 3.05) is 7.05 Å². The van der Waals surface area contributed by atoms with Crippen molar-refractivity contribution < 1.29 is 14.4 Å². The van der Waals surface area contributed by atoms with Crippen molar-refractivity contribution in [2.24, 2.45) is 0 Å². The molecule has 1 aliphatic rings. The molecule has 94 valence electrons. The SMILES string of the molecule is CN1C(=O)C(=O)c2sc(-c3ccccc3)cc2C1=O. The number of carbonyl (C=O) groups excluding carboxylic acids is 3. The third kappa shape index (κ3) is 1.70. The van der Waals surface area contributed by atoms with Crippen molar-refractivity contribution in [2.45, 2.75) is 0 Å². The summed E-state index contributed by atoms with van der Waals surface area (Å²) in [6, 6.07) is 11.1. The van der Waals surface area contributed by atoms with Crippen LogP contribution in [-0.2, 0) is 4.79 Å². The molecule has 2 aromatic rings. The van der Waals surface area contributed by atoms with E-state index in [9.17, 15) is 14.4 Å². The molecule has 0 bridgehead atoms. The summed E-state index contributed by atoms with van der Waals surface area (Å²) in [5.74, 6) is -1.79. The quantitative estimate of drug-likeness (QED) is 0.590. The van der Waals surface area contributed by atoms with Crippen LogP contribution in [0.1, 0.15) is 20.0 Å². The summed E-state index contributed by atoms with van der Waals surface area (Å²) in [5, 5.41) is 0. The van der Waals surface area contributed by atoms with Crippen molar-refractivity contribution >= 4 is 28.9 Å². The van der Waals surface area contributed by atoms with Crippen LogP contribution in [-0.4, -0.2) is 29.5 Å². The first-order valence-corrected chi connectivity index (χ1v) is 6.47. The van der Waals surface area contributed by atoms with Gasteiger partial charge in [-0.15, -0.1) is 11.3 Å². The highest BCUT2D eigenvalue weighted by atomic mass is 32.1. The molecule has 0 spiro atoms. The predicted molar refractivity (Wildman–Crippen MR) is 71.2 cm³/mol. The molecule has 0 unspecified atom stereocenters. The maximum Gasteiger partial charge on any atom is 0.302 e. The van der Waals surface area contributed by atoms with Crippen molar-refractivity contribution in [3.05, 3.63) is 46.8 Å². The second-order valence-electron chi connectivity index (χ2n) is 4.22. The molecule has 0 atom stereocenters. The summed E-state index contributed by atoms with van der Waals surface area (Å²) in [7, 11) is 1.32. The van der Waals surface area contributed by atoms with Gasteiger partial charge in [0.15, 0.2) is 0 Å². The Hall–Kier alpha value is -2.27. The fourth-order valence-electron chi connectivity index (χ4n) is 1.99. The maximum atomic E-state index is 12.0. The maximum absolute atomic E-state index is 12.0. The van der Waals surface area contributed by atoms with Gasteiger partial charge < -0.3 is 0 Å². The summed E-state index contributed by atoms with van der Waals surface area (Å²) in [5.41, 5.74) is 1.24. The summed E-state index contributed by atoms with van der Waals surface area (Å²) in [6.07, 6.45) is 0. The van der Waals surface area contributed by atoms with Gasteiger partial charge in [-0.2, -0.15) is 0 Å². The lowest BCUT2D eigenvalue weighted by molar-refractivity contribution is -0.123. The third-order valence-electron chi connectivity index (χ3n) is 3.03. The Kier molecular flexibility index (Phi) is 2.57. The molecule has 19 heavy (non-hydrogen) atoms. The van der Waals surface area contributed by atoms with E-state index in [0.29, 0.717) is 5.56 Å². The highest BCUT2D eigenvalue weighted by Gasteiger charge is 2.37. The zero-order valence-corrected chi connectivity index (χ0v) is 10.9. The van der Waals surface area contributed by atoms with Gasteiger partial charge in [0, 0.05) is 11.9 Å². The number of benzene rings is 1. The number of nitrogens with zero attached hydrogens (tertiary/aromatic N) is 1. The average Bonchev–Trinajstić information content (AvgIpc) is 2.89. The van der Waals surface area contributed by atoms with Gasteiger partial charge in [0.1, 0.15) is 0 Å². The van der Waals surface area contributed by atoms with Gasteiger partial charge >= 0.3 is 5.91 Å². The molecular weight excluding hydrogens is 262 g/mol. The molecular formula is C14H9NO3S. The molecule has 1 aromatic heterocycles. The van der Waals surface area contributed by atoms with Crippen LogP contribution in [0.3, 0.4) is 0 Å². The second kappa shape index (κ2) is 4.13. The van der Waals surface area contributed by atoms with Crippen molar-refractivity contribution in [3.8, 4) is 10.4 Å². The number of fused-ring (bicyclic) bond motifs is 1. The number of carbonyl (C=O) groups is 3. The fraction of sp³-hybridized carbons (Fsp3) is 0.0714. The number of hydrogen-bond acceptors (Lipinski definition) is 4. The zero-order valence-electron chi connectivity index (χ0n) is 10.0. The van der Waals surface area contributed by atoms with E-state index < -0.39 is 17.6 Å². The Balaban J connectivity index is 2.16. The molecule has 0 saturated heterocycles. The minimum atomic E-state index is -0.765. The number of likely N-dealkylation sites (N-methyl/N-ethyl adjacent to an activating group) is 1. The second-order valence-corrected chi connectivity index (χ2v) is 5.27. The standard InChI is InChI=1S/C14H9NO3S/c1-15-13(17)9-7-10(8-5-3-2-4-6-8)19-12(9)11(16)14(15)18/h2-7H,1H3. The Morgan fingerprint density at radius 1 is 1.00 bits per heavy atom. The van der Waals surface area contributed by atoms with Crippen LogP contribution in [0.2, 0.25) is 0 Å². The van der Waals surface area contributed by atoms with Crippen molar-refractivity contribution in [3.63, 3.8) is 0 Å². The van der Waals surface area contributed by atoms with Crippen LogP contribution in [0.25, 0.3) is 10.4 Å². The Morgan fingerprint density at radius 2 is 1.68 bits per heavy atom. The van der Waals surface area contributed by atoms with Crippen LogP contribution >= 0.6 is 11.3 Å². The first-order valence-electron chi connectivity index (χ1n) is 5.65. The topological polar surface area (TPSA) is 54.5 Å². The summed E-state index contributed by atoms with van der Waals surface area (Å²) >= 11 is 1.19. The molecule has 0 aliphatic carbocycles. The van der Waals surface area contributed by atoms with E-state index in [1.54, 1.807) is 6.07 Å². The van der Waals surface area contributed by atoms with Crippen molar-refractivity contribution in [1.82, 2.24) is 4.90 Å². The molecule has 5 heteroatoms. The molecule has 2 amide bonds. The molecule has 0 fully saturated rings. The fourth-order valence-corrected chi connectivity index (χ4v) is 3.07. The number of hydrogen-bond donors (Lipinski definition) is 0. The smallest absolute Gasteiger partial charge is 0.282 e. The predicted octanol–water partition coefficient (Wildman–Crippen LogP) is 2.21. The number of Topliss-reactive ketones (excluding diaryl/α,β-unsaturated/α-hetero) is 1. The van der Waals surface area contributed by atoms with Gasteiger partial charge in [-0.1, -0.05) is 30.3 Å². The molecule has 4 nitrogen and oxygen atoms in total. The number of thiophene rings is 1. The summed E-state index contributed by atoms with van der Waals surface area (Å²) < 4.78 is 0. The number of ketones is 1. The first kappa shape index (κ1) is 11.8. The van der Waals surface area contributed by atoms with Crippen LogP contribution in [0.15, 0.2) is 36.4 Å². The van der Waals surface area contributed by atoms with Gasteiger partial charge in [-0.05, 0) is 11.6 Å². The lowest BCUT2D eigenvalue weighted by Crippen LogP contribution is -2.42. The normalized spacial score (nSPS) is 14.8. The lowest BCUT2D eigenvalue weighted by atomic mass is 10.1. The van der Waals surface area contributed by atoms with Crippen LogP contribution in [0.4, 0.5) is 0 Å². The Bertz CT molecular complexity index is 703. The number of amides is 2. The summed E-state index contributed by atoms with van der Waals surface area (Å²) in [4.78, 5) is 37.4. The lowest BCUT2D eigenvalue weighted by Gasteiger charge is -2.18. The monoisotopic (exact) mass is 271 g/mol. The molecule has 0 saturated carbocycles. The van der Waals surface area contributed by atoms with E-state index in [4.69, 9.17) is 0 Å². The molecule has 1 aromatic carbocycles. The van der Waals surface area contributed by atoms with Gasteiger partial charge in [-0.25, -0.2) is 0 Å². The first-order chi connectivity index (χ1) is 9.09. The number of rotatable bonds is 1. The van der Waals surface area contributed by atoms with E-state index in [2.05, 4.69) is 0 Å². The summed E-state index contributed by atoms with van der Waals surface area (Å²) in [6.45, 7) is 0. The largest absolute Gasteiger partial charge is 0.302 e. The molecule has 0 radical (unpaired) electrons. The van der Waals surface area contributed by atoms with Crippen molar-refractivity contribution in [1.29, 1.82) is 0 Å². The van der Waals surface area contributed by atoms with E-state index in [-0.39, 0.29) is 4.88 Å². The van der Waals surface area contributed by atoms with Crippen LogP contribution in [0.5, 0.6) is 0 Å². The van der Waals surface area contributed by atoms with E-state index in [1.165, 1.54) is 18.4 Å². The van der Waals surface area contributed by atoms with Gasteiger partial charge in [-0.3, -0.25) is 19.3 Å². The molecule has 0 N–H and O–H groups in total. The van der Waals surface area contributed by atoms with E-state index in [0.717, 1.165) is 15.3 Å². The van der Waals surface area contributed by atoms with E-state index in [1.807, 2.05) is 30.3 Å². The zero-order chi connectivity index (χ0) is 13.6. The molecule has 3 rings (SSSR count). The Labute approximate surface area is 113 Å². The van der Waals surface area contributed by atoms with Gasteiger partial charge in [0.2, 0.25) is 0 Å². The molecule has 1 aliphatic heterocycles. The van der Waals surface area contributed by atoms with Gasteiger partial charge in [0.05, 0.1) is 10.4 Å².